The highest BCUT2D eigenvalue weighted by Crippen LogP contribution is 2.29. The first-order chi connectivity index (χ1) is 10.2. The minimum absolute atomic E-state index is 0.387. The van der Waals surface area contributed by atoms with Crippen molar-refractivity contribution >= 4 is 21.6 Å². The SMILES string of the molecule is COc1cccc(-c2noc(-c3ccc(Br)cc3N)n2)c1. The first-order valence-electron chi connectivity index (χ1n) is 6.21. The molecule has 0 atom stereocenters. The number of aromatic nitrogens is 2. The summed E-state index contributed by atoms with van der Waals surface area (Å²) in [4.78, 5) is 4.39. The Morgan fingerprint density at radius 3 is 2.81 bits per heavy atom. The van der Waals surface area contributed by atoms with Gasteiger partial charge in [0.05, 0.1) is 12.7 Å². The van der Waals surface area contributed by atoms with Crippen LogP contribution in [0.4, 0.5) is 5.69 Å². The zero-order valence-corrected chi connectivity index (χ0v) is 12.8. The summed E-state index contributed by atoms with van der Waals surface area (Å²) < 4.78 is 11.4. The third-order valence-corrected chi connectivity index (χ3v) is 3.49. The van der Waals surface area contributed by atoms with Crippen molar-refractivity contribution in [2.75, 3.05) is 12.8 Å². The van der Waals surface area contributed by atoms with Gasteiger partial charge in [0.2, 0.25) is 5.82 Å². The molecule has 1 heterocycles. The molecule has 2 N–H and O–H groups in total. The second-order valence-corrected chi connectivity index (χ2v) is 5.30. The first-order valence-corrected chi connectivity index (χ1v) is 7.00. The highest BCUT2D eigenvalue weighted by atomic mass is 79.9. The topological polar surface area (TPSA) is 74.2 Å². The zero-order valence-electron chi connectivity index (χ0n) is 11.2. The Morgan fingerprint density at radius 1 is 1.19 bits per heavy atom. The van der Waals surface area contributed by atoms with Crippen LogP contribution in [0.1, 0.15) is 0 Å². The Kier molecular flexibility index (Phi) is 3.62. The summed E-state index contributed by atoms with van der Waals surface area (Å²) in [6, 6.07) is 13.0. The largest absolute Gasteiger partial charge is 0.497 e. The van der Waals surface area contributed by atoms with E-state index < -0.39 is 0 Å². The molecule has 3 aromatic rings. The molecular weight excluding hydrogens is 334 g/mol. The molecule has 0 amide bonds. The molecule has 0 saturated carbocycles. The highest BCUT2D eigenvalue weighted by molar-refractivity contribution is 9.10. The van der Waals surface area contributed by atoms with Crippen molar-refractivity contribution in [3.63, 3.8) is 0 Å². The van der Waals surface area contributed by atoms with Gasteiger partial charge < -0.3 is 15.0 Å². The van der Waals surface area contributed by atoms with Crippen LogP contribution in [0.2, 0.25) is 0 Å². The van der Waals surface area contributed by atoms with E-state index in [1.807, 2.05) is 36.4 Å². The molecule has 0 saturated heterocycles. The number of hydrogen-bond donors (Lipinski definition) is 1. The van der Waals surface area contributed by atoms with Gasteiger partial charge in [-0.3, -0.25) is 0 Å². The number of rotatable bonds is 3. The molecule has 6 heteroatoms. The van der Waals surface area contributed by atoms with E-state index in [4.69, 9.17) is 15.0 Å². The predicted molar refractivity (Wildman–Crippen MR) is 83.8 cm³/mol. The summed E-state index contributed by atoms with van der Waals surface area (Å²) in [6.45, 7) is 0. The van der Waals surface area contributed by atoms with Crippen LogP contribution in [0.3, 0.4) is 0 Å². The quantitative estimate of drug-likeness (QED) is 0.731. The van der Waals surface area contributed by atoms with Crippen LogP contribution in [0, 0.1) is 0 Å². The van der Waals surface area contributed by atoms with Crippen LogP contribution in [-0.4, -0.2) is 17.3 Å². The smallest absolute Gasteiger partial charge is 0.260 e. The summed E-state index contributed by atoms with van der Waals surface area (Å²) in [6.07, 6.45) is 0. The van der Waals surface area contributed by atoms with E-state index in [-0.39, 0.29) is 0 Å². The van der Waals surface area contributed by atoms with Gasteiger partial charge >= 0.3 is 0 Å². The molecule has 0 spiro atoms. The molecule has 106 valence electrons. The fraction of sp³-hybridized carbons (Fsp3) is 0.0667. The molecule has 21 heavy (non-hydrogen) atoms. The van der Waals surface area contributed by atoms with E-state index in [0.29, 0.717) is 23.0 Å². The predicted octanol–water partition coefficient (Wildman–Crippen LogP) is 3.76. The maximum Gasteiger partial charge on any atom is 0.260 e. The second kappa shape index (κ2) is 5.57. The molecule has 2 aromatic carbocycles. The normalized spacial score (nSPS) is 10.6. The van der Waals surface area contributed by atoms with Crippen molar-refractivity contribution in [3.8, 4) is 28.6 Å². The van der Waals surface area contributed by atoms with Gasteiger partial charge in [0.1, 0.15) is 5.75 Å². The summed E-state index contributed by atoms with van der Waals surface area (Å²) in [7, 11) is 1.61. The van der Waals surface area contributed by atoms with Gasteiger partial charge in [-0.05, 0) is 30.3 Å². The van der Waals surface area contributed by atoms with Crippen LogP contribution >= 0.6 is 15.9 Å². The number of methoxy groups -OCH3 is 1. The molecule has 3 rings (SSSR count). The fourth-order valence-electron chi connectivity index (χ4n) is 1.94. The second-order valence-electron chi connectivity index (χ2n) is 4.39. The Morgan fingerprint density at radius 2 is 2.05 bits per heavy atom. The van der Waals surface area contributed by atoms with Gasteiger partial charge in [-0.1, -0.05) is 33.2 Å². The number of halogens is 1. The molecule has 0 fully saturated rings. The maximum absolute atomic E-state index is 5.97. The van der Waals surface area contributed by atoms with Crippen molar-refractivity contribution in [1.82, 2.24) is 10.1 Å². The van der Waals surface area contributed by atoms with E-state index in [1.54, 1.807) is 13.2 Å². The Balaban J connectivity index is 1.99. The van der Waals surface area contributed by atoms with E-state index in [2.05, 4.69) is 26.1 Å². The van der Waals surface area contributed by atoms with Crippen LogP contribution in [-0.2, 0) is 0 Å². The monoisotopic (exact) mass is 345 g/mol. The number of nitrogens with two attached hydrogens (primary N) is 1. The lowest BCUT2D eigenvalue weighted by molar-refractivity contribution is 0.414. The van der Waals surface area contributed by atoms with E-state index in [9.17, 15) is 0 Å². The lowest BCUT2D eigenvalue weighted by atomic mass is 10.2. The summed E-state index contributed by atoms with van der Waals surface area (Å²) in [5.41, 5.74) is 8.07. The van der Waals surface area contributed by atoms with E-state index in [0.717, 1.165) is 15.8 Å². The maximum atomic E-state index is 5.97. The van der Waals surface area contributed by atoms with Crippen molar-refractivity contribution in [2.24, 2.45) is 0 Å². The van der Waals surface area contributed by atoms with E-state index in [1.165, 1.54) is 0 Å². The number of ether oxygens (including phenoxy) is 1. The minimum atomic E-state index is 0.387. The highest BCUT2D eigenvalue weighted by Gasteiger charge is 2.13. The van der Waals surface area contributed by atoms with Gasteiger partial charge in [-0.2, -0.15) is 4.98 Å². The van der Waals surface area contributed by atoms with Crippen LogP contribution < -0.4 is 10.5 Å². The number of nitrogens with zero attached hydrogens (tertiary/aromatic N) is 2. The van der Waals surface area contributed by atoms with Gasteiger partial charge in [-0.15, -0.1) is 0 Å². The van der Waals surface area contributed by atoms with Gasteiger partial charge in [0.15, 0.2) is 0 Å². The molecule has 5 nitrogen and oxygen atoms in total. The zero-order chi connectivity index (χ0) is 14.8. The van der Waals surface area contributed by atoms with Crippen molar-refractivity contribution in [1.29, 1.82) is 0 Å². The Bertz CT molecular complexity index is 786. The third-order valence-electron chi connectivity index (χ3n) is 3.00. The molecule has 0 aliphatic heterocycles. The average molecular weight is 346 g/mol. The Labute approximate surface area is 129 Å². The van der Waals surface area contributed by atoms with Crippen molar-refractivity contribution in [2.45, 2.75) is 0 Å². The fourth-order valence-corrected chi connectivity index (χ4v) is 2.32. The van der Waals surface area contributed by atoms with Crippen LogP contribution in [0.5, 0.6) is 5.75 Å². The number of hydrogen-bond acceptors (Lipinski definition) is 5. The third kappa shape index (κ3) is 2.75. The molecule has 0 bridgehead atoms. The lowest BCUT2D eigenvalue weighted by Crippen LogP contribution is -1.90. The summed E-state index contributed by atoms with van der Waals surface area (Å²) in [5, 5.41) is 3.99. The Hall–Kier alpha value is -2.34. The average Bonchev–Trinajstić information content (AvgIpc) is 2.97. The molecule has 0 unspecified atom stereocenters. The molecule has 0 aliphatic carbocycles. The molecule has 0 aliphatic rings. The van der Waals surface area contributed by atoms with Crippen LogP contribution in [0.25, 0.3) is 22.8 Å². The van der Waals surface area contributed by atoms with Gasteiger partial charge in [0, 0.05) is 15.7 Å². The first kappa shape index (κ1) is 13.6. The van der Waals surface area contributed by atoms with Gasteiger partial charge in [0.25, 0.3) is 5.89 Å². The van der Waals surface area contributed by atoms with Crippen molar-refractivity contribution < 1.29 is 9.26 Å². The number of nitrogen functional groups attached to an aromatic ring is 1. The summed E-state index contributed by atoms with van der Waals surface area (Å²) in [5.74, 6) is 1.62. The van der Waals surface area contributed by atoms with Crippen LogP contribution in [0.15, 0.2) is 51.5 Å². The minimum Gasteiger partial charge on any atom is -0.497 e. The van der Waals surface area contributed by atoms with Crippen molar-refractivity contribution in [3.05, 3.63) is 46.9 Å². The molecule has 0 radical (unpaired) electrons. The number of anilines is 1. The van der Waals surface area contributed by atoms with Gasteiger partial charge in [-0.25, -0.2) is 0 Å². The standard InChI is InChI=1S/C15H12BrN3O2/c1-20-11-4-2-3-9(7-11)14-18-15(21-19-14)12-6-5-10(16)8-13(12)17/h2-8H,17H2,1H3. The lowest BCUT2D eigenvalue weighted by Gasteiger charge is -2.01. The molecular formula is C15H12BrN3O2. The number of benzene rings is 2. The van der Waals surface area contributed by atoms with E-state index >= 15 is 0 Å². The molecule has 1 aromatic heterocycles. The summed E-state index contributed by atoms with van der Waals surface area (Å²) >= 11 is 3.37.